The lowest BCUT2D eigenvalue weighted by molar-refractivity contribution is -0.127. The number of amides is 3. The van der Waals surface area contributed by atoms with E-state index in [1.807, 2.05) is 0 Å². The normalized spacial score (nSPS) is 20.9. The molecule has 0 aromatic heterocycles. The first-order valence-electron chi connectivity index (χ1n) is 3.95. The summed E-state index contributed by atoms with van der Waals surface area (Å²) in [7, 11) is 0. The predicted octanol–water partition coefficient (Wildman–Crippen LogP) is -2.13. The fraction of sp³-hybridized carbons (Fsp3) is 0.571. The number of nitrogens with two attached hydrogens (primary N) is 1. The van der Waals surface area contributed by atoms with Gasteiger partial charge in [0.15, 0.2) is 0 Å². The average molecular weight is 185 g/mol. The van der Waals surface area contributed by atoms with Crippen molar-refractivity contribution < 1.29 is 14.4 Å². The molecule has 0 spiro atoms. The summed E-state index contributed by atoms with van der Waals surface area (Å²) in [6, 6.07) is -0.508. The highest BCUT2D eigenvalue weighted by Gasteiger charge is 2.26. The number of carbonyl (C=O) groups is 3. The highest BCUT2D eigenvalue weighted by molar-refractivity contribution is 5.92. The van der Waals surface area contributed by atoms with Crippen molar-refractivity contribution in [2.75, 3.05) is 6.54 Å². The largest absolute Gasteiger partial charge is 0.368 e. The third-order valence-corrected chi connectivity index (χ3v) is 1.75. The molecule has 1 heterocycles. The summed E-state index contributed by atoms with van der Waals surface area (Å²) >= 11 is 0. The molecule has 13 heavy (non-hydrogen) atoms. The molecular formula is C7H11N3O3. The number of hydrogen-bond donors (Lipinski definition) is 3. The summed E-state index contributed by atoms with van der Waals surface area (Å²) in [5, 5.41) is 4.79. The zero-order valence-electron chi connectivity index (χ0n) is 7.00. The molecule has 4 N–H and O–H groups in total. The lowest BCUT2D eigenvalue weighted by Gasteiger charge is -2.08. The molecule has 1 saturated heterocycles. The van der Waals surface area contributed by atoms with E-state index in [1.165, 1.54) is 0 Å². The van der Waals surface area contributed by atoms with Crippen LogP contribution in [-0.4, -0.2) is 30.3 Å². The van der Waals surface area contributed by atoms with E-state index in [-0.39, 0.29) is 18.4 Å². The Morgan fingerprint density at radius 2 is 2.31 bits per heavy atom. The Morgan fingerprint density at radius 3 is 2.77 bits per heavy atom. The van der Waals surface area contributed by atoms with E-state index in [1.54, 1.807) is 0 Å². The SMILES string of the molecule is NC(=O)CNC(=O)[C@@H]1CCC(=O)N1. The maximum Gasteiger partial charge on any atom is 0.243 e. The molecule has 6 heteroatoms. The Hall–Kier alpha value is -1.59. The van der Waals surface area contributed by atoms with E-state index >= 15 is 0 Å². The van der Waals surface area contributed by atoms with Crippen LogP contribution in [0.25, 0.3) is 0 Å². The van der Waals surface area contributed by atoms with Crippen LogP contribution < -0.4 is 16.4 Å². The lowest BCUT2D eigenvalue weighted by atomic mass is 10.2. The van der Waals surface area contributed by atoms with Gasteiger partial charge in [-0.3, -0.25) is 14.4 Å². The van der Waals surface area contributed by atoms with Gasteiger partial charge in [0, 0.05) is 6.42 Å². The molecule has 0 saturated carbocycles. The van der Waals surface area contributed by atoms with E-state index in [2.05, 4.69) is 10.6 Å². The minimum absolute atomic E-state index is 0.140. The fourth-order valence-electron chi connectivity index (χ4n) is 1.11. The zero-order valence-corrected chi connectivity index (χ0v) is 7.00. The third kappa shape index (κ3) is 2.73. The van der Waals surface area contributed by atoms with Crippen LogP contribution in [0.5, 0.6) is 0 Å². The van der Waals surface area contributed by atoms with Crippen molar-refractivity contribution in [3.63, 3.8) is 0 Å². The van der Waals surface area contributed by atoms with Gasteiger partial charge in [0.2, 0.25) is 17.7 Å². The Kier molecular flexibility index (Phi) is 2.84. The quantitative estimate of drug-likeness (QED) is 0.468. The van der Waals surface area contributed by atoms with Crippen LogP contribution in [0.2, 0.25) is 0 Å². The van der Waals surface area contributed by atoms with Gasteiger partial charge in [-0.1, -0.05) is 0 Å². The van der Waals surface area contributed by atoms with Crippen molar-refractivity contribution in [3.8, 4) is 0 Å². The second-order valence-electron chi connectivity index (χ2n) is 2.84. The summed E-state index contributed by atoms with van der Waals surface area (Å²) in [5.41, 5.74) is 4.83. The Labute approximate surface area is 74.8 Å². The van der Waals surface area contributed by atoms with Gasteiger partial charge in [-0.2, -0.15) is 0 Å². The monoisotopic (exact) mass is 185 g/mol. The van der Waals surface area contributed by atoms with E-state index in [4.69, 9.17) is 5.73 Å². The number of rotatable bonds is 3. The van der Waals surface area contributed by atoms with E-state index in [9.17, 15) is 14.4 Å². The second kappa shape index (κ2) is 3.88. The molecule has 0 bridgehead atoms. The van der Waals surface area contributed by atoms with Gasteiger partial charge in [0.05, 0.1) is 6.54 Å². The molecule has 1 rings (SSSR count). The van der Waals surface area contributed by atoms with Crippen molar-refractivity contribution >= 4 is 17.7 Å². The van der Waals surface area contributed by atoms with E-state index in [0.717, 1.165) is 0 Å². The topological polar surface area (TPSA) is 101 Å². The first-order chi connectivity index (χ1) is 6.09. The van der Waals surface area contributed by atoms with Crippen molar-refractivity contribution in [2.45, 2.75) is 18.9 Å². The summed E-state index contributed by atoms with van der Waals surface area (Å²) in [6.45, 7) is -0.189. The van der Waals surface area contributed by atoms with Crippen LogP contribution >= 0.6 is 0 Å². The van der Waals surface area contributed by atoms with Gasteiger partial charge in [0.25, 0.3) is 0 Å². The first kappa shape index (κ1) is 9.50. The highest BCUT2D eigenvalue weighted by Crippen LogP contribution is 2.05. The fourth-order valence-corrected chi connectivity index (χ4v) is 1.11. The minimum Gasteiger partial charge on any atom is -0.368 e. The smallest absolute Gasteiger partial charge is 0.243 e. The molecule has 0 aromatic carbocycles. The van der Waals surface area contributed by atoms with Crippen LogP contribution in [0.4, 0.5) is 0 Å². The maximum atomic E-state index is 11.2. The zero-order chi connectivity index (χ0) is 9.84. The molecule has 1 aliphatic heterocycles. The standard InChI is InChI=1S/C7H11N3O3/c8-5(11)3-9-7(13)4-1-2-6(12)10-4/h4H,1-3H2,(H2,8,11)(H,9,13)(H,10,12)/t4-/m0/s1. The van der Waals surface area contributed by atoms with Crippen LogP contribution in [0.15, 0.2) is 0 Å². The third-order valence-electron chi connectivity index (χ3n) is 1.75. The Bertz CT molecular complexity index is 251. The molecular weight excluding hydrogens is 174 g/mol. The lowest BCUT2D eigenvalue weighted by Crippen LogP contribution is -2.44. The second-order valence-corrected chi connectivity index (χ2v) is 2.84. The van der Waals surface area contributed by atoms with Crippen molar-refractivity contribution in [1.82, 2.24) is 10.6 Å². The average Bonchev–Trinajstić information content (AvgIpc) is 2.47. The van der Waals surface area contributed by atoms with Gasteiger partial charge in [0.1, 0.15) is 6.04 Å². The van der Waals surface area contributed by atoms with Gasteiger partial charge in [-0.25, -0.2) is 0 Å². The van der Waals surface area contributed by atoms with Crippen LogP contribution in [0, 0.1) is 0 Å². The molecule has 1 aliphatic rings. The molecule has 1 atom stereocenters. The van der Waals surface area contributed by atoms with E-state index < -0.39 is 11.9 Å². The Morgan fingerprint density at radius 1 is 1.62 bits per heavy atom. The summed E-state index contributed by atoms with van der Waals surface area (Å²) < 4.78 is 0. The molecule has 0 radical (unpaired) electrons. The number of hydrogen-bond acceptors (Lipinski definition) is 3. The van der Waals surface area contributed by atoms with Gasteiger partial charge in [-0.15, -0.1) is 0 Å². The van der Waals surface area contributed by atoms with Crippen LogP contribution in [0.1, 0.15) is 12.8 Å². The summed E-state index contributed by atoms with van der Waals surface area (Å²) in [4.78, 5) is 32.2. The molecule has 0 aromatic rings. The van der Waals surface area contributed by atoms with Crippen molar-refractivity contribution in [1.29, 1.82) is 0 Å². The highest BCUT2D eigenvalue weighted by atomic mass is 16.2. The maximum absolute atomic E-state index is 11.2. The minimum atomic E-state index is -0.599. The predicted molar refractivity (Wildman–Crippen MR) is 43.4 cm³/mol. The Balaban J connectivity index is 2.31. The molecule has 0 aliphatic carbocycles. The molecule has 72 valence electrons. The van der Waals surface area contributed by atoms with Crippen molar-refractivity contribution in [2.24, 2.45) is 5.73 Å². The molecule has 0 unspecified atom stereocenters. The first-order valence-corrected chi connectivity index (χ1v) is 3.95. The summed E-state index contributed by atoms with van der Waals surface area (Å²) in [5.74, 6) is -1.10. The molecule has 1 fully saturated rings. The van der Waals surface area contributed by atoms with Crippen molar-refractivity contribution in [3.05, 3.63) is 0 Å². The number of nitrogens with one attached hydrogen (secondary N) is 2. The van der Waals surface area contributed by atoms with Gasteiger partial charge >= 0.3 is 0 Å². The van der Waals surface area contributed by atoms with Crippen LogP contribution in [0.3, 0.4) is 0 Å². The number of primary amides is 1. The van der Waals surface area contributed by atoms with Crippen LogP contribution in [-0.2, 0) is 14.4 Å². The number of carbonyl (C=O) groups excluding carboxylic acids is 3. The van der Waals surface area contributed by atoms with Gasteiger partial charge in [-0.05, 0) is 6.42 Å². The summed E-state index contributed by atoms with van der Waals surface area (Å²) in [6.07, 6.45) is 0.831. The van der Waals surface area contributed by atoms with Gasteiger partial charge < -0.3 is 16.4 Å². The molecule has 3 amide bonds. The molecule has 6 nitrogen and oxygen atoms in total. The van der Waals surface area contributed by atoms with E-state index in [0.29, 0.717) is 12.8 Å².